The van der Waals surface area contributed by atoms with Gasteiger partial charge in [0.05, 0.1) is 5.60 Å². The highest BCUT2D eigenvalue weighted by molar-refractivity contribution is 5.76. The Bertz CT molecular complexity index is 223. The van der Waals surface area contributed by atoms with Crippen LogP contribution in [0.5, 0.6) is 0 Å². The third-order valence-electron chi connectivity index (χ3n) is 2.99. The number of nitrogens with two attached hydrogens (primary N) is 1. The average molecular weight is 214 g/mol. The predicted octanol–water partition coefficient (Wildman–Crippen LogP) is 0.487. The maximum Gasteiger partial charge on any atom is 0.223 e. The van der Waals surface area contributed by atoms with E-state index in [1.54, 1.807) is 11.9 Å². The van der Waals surface area contributed by atoms with Gasteiger partial charge < -0.3 is 15.7 Å². The molecule has 0 radical (unpaired) electrons. The fourth-order valence-electron chi connectivity index (χ4n) is 2.15. The molecular formula is C11H22N2O2. The van der Waals surface area contributed by atoms with Crippen LogP contribution in [-0.4, -0.2) is 41.1 Å². The first-order chi connectivity index (χ1) is 6.93. The number of nitrogens with zero attached hydrogens (tertiary/aromatic N) is 1. The Morgan fingerprint density at radius 2 is 2.07 bits per heavy atom. The summed E-state index contributed by atoms with van der Waals surface area (Å²) in [6.07, 6.45) is 4.09. The number of rotatable bonds is 4. The van der Waals surface area contributed by atoms with Crippen LogP contribution in [0.1, 0.15) is 39.0 Å². The normalized spacial score (nSPS) is 21.3. The number of hydrogen-bond acceptors (Lipinski definition) is 3. The molecule has 1 amide bonds. The second-order valence-electron chi connectivity index (χ2n) is 4.86. The molecule has 4 heteroatoms. The van der Waals surface area contributed by atoms with Crippen LogP contribution in [0.15, 0.2) is 0 Å². The molecule has 1 rings (SSSR count). The molecule has 0 saturated heterocycles. The summed E-state index contributed by atoms with van der Waals surface area (Å²) >= 11 is 0. The molecule has 15 heavy (non-hydrogen) atoms. The Balaban J connectivity index is 2.40. The lowest BCUT2D eigenvalue weighted by Crippen LogP contribution is -2.43. The Morgan fingerprint density at radius 1 is 1.53 bits per heavy atom. The molecule has 1 fully saturated rings. The van der Waals surface area contributed by atoms with Crippen molar-refractivity contribution in [3.8, 4) is 0 Å². The van der Waals surface area contributed by atoms with Crippen molar-refractivity contribution in [2.75, 3.05) is 13.6 Å². The van der Waals surface area contributed by atoms with Gasteiger partial charge in [-0.25, -0.2) is 0 Å². The molecule has 0 aromatic carbocycles. The molecule has 1 aliphatic carbocycles. The van der Waals surface area contributed by atoms with E-state index in [2.05, 4.69) is 0 Å². The molecule has 0 heterocycles. The second kappa shape index (κ2) is 4.94. The maximum absolute atomic E-state index is 11.6. The number of likely N-dealkylation sites (N-methyl/N-ethyl adjacent to an activating group) is 1. The van der Waals surface area contributed by atoms with Crippen LogP contribution >= 0.6 is 0 Å². The maximum atomic E-state index is 11.6. The van der Waals surface area contributed by atoms with Crippen molar-refractivity contribution >= 4 is 5.91 Å². The number of hydrogen-bond donors (Lipinski definition) is 2. The third-order valence-corrected chi connectivity index (χ3v) is 2.99. The summed E-state index contributed by atoms with van der Waals surface area (Å²) < 4.78 is 0. The van der Waals surface area contributed by atoms with Gasteiger partial charge in [0.2, 0.25) is 5.91 Å². The van der Waals surface area contributed by atoms with E-state index in [4.69, 9.17) is 5.73 Å². The van der Waals surface area contributed by atoms with Crippen LogP contribution in [0.4, 0.5) is 0 Å². The summed E-state index contributed by atoms with van der Waals surface area (Å²) in [5.41, 5.74) is 4.91. The second-order valence-corrected chi connectivity index (χ2v) is 4.86. The van der Waals surface area contributed by atoms with Gasteiger partial charge in [-0.1, -0.05) is 12.8 Å². The summed E-state index contributed by atoms with van der Waals surface area (Å²) in [6, 6.07) is -0.113. The summed E-state index contributed by atoms with van der Waals surface area (Å²) in [5.74, 6) is 0.0188. The smallest absolute Gasteiger partial charge is 0.223 e. The standard InChI is InChI=1S/C11H22N2O2/c1-9(12)7-10(14)13(2)8-11(15)5-3-4-6-11/h9,15H,3-8,12H2,1-2H3. The minimum Gasteiger partial charge on any atom is -0.388 e. The highest BCUT2D eigenvalue weighted by Crippen LogP contribution is 2.29. The van der Waals surface area contributed by atoms with Crippen molar-refractivity contribution in [2.45, 2.75) is 50.7 Å². The summed E-state index contributed by atoms with van der Waals surface area (Å²) in [4.78, 5) is 13.2. The highest BCUT2D eigenvalue weighted by Gasteiger charge is 2.33. The summed E-state index contributed by atoms with van der Waals surface area (Å²) in [6.45, 7) is 2.26. The molecule has 1 aliphatic rings. The van der Waals surface area contributed by atoms with Crippen LogP contribution in [0.25, 0.3) is 0 Å². The van der Waals surface area contributed by atoms with Gasteiger partial charge >= 0.3 is 0 Å². The van der Waals surface area contributed by atoms with E-state index in [-0.39, 0.29) is 11.9 Å². The van der Waals surface area contributed by atoms with Crippen molar-refractivity contribution in [1.29, 1.82) is 0 Å². The van der Waals surface area contributed by atoms with Gasteiger partial charge in [-0.05, 0) is 19.8 Å². The van der Waals surface area contributed by atoms with Crippen molar-refractivity contribution in [1.82, 2.24) is 4.90 Å². The van der Waals surface area contributed by atoms with E-state index >= 15 is 0 Å². The Hall–Kier alpha value is -0.610. The van der Waals surface area contributed by atoms with Gasteiger partial charge in [-0.3, -0.25) is 4.79 Å². The first-order valence-electron chi connectivity index (χ1n) is 5.65. The molecule has 3 N–H and O–H groups in total. The van der Waals surface area contributed by atoms with Crippen LogP contribution in [-0.2, 0) is 4.79 Å². The molecular weight excluding hydrogens is 192 g/mol. The van der Waals surface area contributed by atoms with E-state index in [9.17, 15) is 9.90 Å². The van der Waals surface area contributed by atoms with Crippen molar-refractivity contribution < 1.29 is 9.90 Å². The van der Waals surface area contributed by atoms with Gasteiger partial charge in [0.25, 0.3) is 0 Å². The first kappa shape index (κ1) is 12.5. The van der Waals surface area contributed by atoms with Gasteiger partial charge in [-0.15, -0.1) is 0 Å². The number of carbonyl (C=O) groups excluding carboxylic acids is 1. The fourth-order valence-corrected chi connectivity index (χ4v) is 2.15. The SMILES string of the molecule is CC(N)CC(=O)N(C)CC1(O)CCCC1. The fraction of sp³-hybridized carbons (Fsp3) is 0.909. The molecule has 0 bridgehead atoms. The molecule has 0 spiro atoms. The third kappa shape index (κ3) is 3.80. The van der Waals surface area contributed by atoms with E-state index in [0.717, 1.165) is 25.7 Å². The van der Waals surface area contributed by atoms with Gasteiger partial charge in [0.1, 0.15) is 0 Å². The number of aliphatic hydroxyl groups is 1. The van der Waals surface area contributed by atoms with E-state index in [1.165, 1.54) is 0 Å². The largest absolute Gasteiger partial charge is 0.388 e. The van der Waals surface area contributed by atoms with E-state index in [0.29, 0.717) is 13.0 Å². The van der Waals surface area contributed by atoms with Crippen molar-refractivity contribution in [3.05, 3.63) is 0 Å². The number of carbonyl (C=O) groups is 1. The summed E-state index contributed by atoms with van der Waals surface area (Å²) in [7, 11) is 1.74. The minimum absolute atomic E-state index is 0.0188. The Labute approximate surface area is 91.4 Å². The van der Waals surface area contributed by atoms with E-state index < -0.39 is 5.60 Å². The lowest BCUT2D eigenvalue weighted by Gasteiger charge is -2.29. The highest BCUT2D eigenvalue weighted by atomic mass is 16.3. The topological polar surface area (TPSA) is 66.6 Å². The van der Waals surface area contributed by atoms with E-state index in [1.807, 2.05) is 6.92 Å². The van der Waals surface area contributed by atoms with Gasteiger partial charge in [-0.2, -0.15) is 0 Å². The molecule has 1 atom stereocenters. The molecule has 88 valence electrons. The molecule has 0 aromatic rings. The predicted molar refractivity (Wildman–Crippen MR) is 59.3 cm³/mol. The minimum atomic E-state index is -0.651. The molecule has 0 aliphatic heterocycles. The quantitative estimate of drug-likeness (QED) is 0.715. The van der Waals surface area contributed by atoms with Crippen LogP contribution in [0.3, 0.4) is 0 Å². The zero-order chi connectivity index (χ0) is 11.5. The van der Waals surface area contributed by atoms with Crippen LogP contribution in [0.2, 0.25) is 0 Å². The van der Waals surface area contributed by atoms with Gasteiger partial charge in [0, 0.05) is 26.1 Å². The molecule has 0 aromatic heterocycles. The Morgan fingerprint density at radius 3 is 2.53 bits per heavy atom. The zero-order valence-electron chi connectivity index (χ0n) is 9.70. The lowest BCUT2D eigenvalue weighted by molar-refractivity contribution is -0.133. The molecule has 1 saturated carbocycles. The first-order valence-corrected chi connectivity index (χ1v) is 5.65. The Kier molecular flexibility index (Phi) is 4.11. The van der Waals surface area contributed by atoms with Gasteiger partial charge in [0.15, 0.2) is 0 Å². The van der Waals surface area contributed by atoms with Crippen LogP contribution < -0.4 is 5.73 Å². The molecule has 1 unspecified atom stereocenters. The number of amides is 1. The van der Waals surface area contributed by atoms with Crippen molar-refractivity contribution in [2.24, 2.45) is 5.73 Å². The monoisotopic (exact) mass is 214 g/mol. The lowest BCUT2D eigenvalue weighted by atomic mass is 10.0. The summed E-state index contributed by atoms with van der Waals surface area (Å²) in [5, 5.41) is 10.1. The average Bonchev–Trinajstić information content (AvgIpc) is 2.50. The van der Waals surface area contributed by atoms with Crippen molar-refractivity contribution in [3.63, 3.8) is 0 Å². The molecule has 4 nitrogen and oxygen atoms in total. The van der Waals surface area contributed by atoms with Crippen LogP contribution in [0, 0.1) is 0 Å². The zero-order valence-corrected chi connectivity index (χ0v) is 9.70.